The van der Waals surface area contributed by atoms with Gasteiger partial charge in [-0.1, -0.05) is 0 Å². The van der Waals surface area contributed by atoms with Gasteiger partial charge in [-0.25, -0.2) is 9.59 Å². The Morgan fingerprint density at radius 1 is 1.20 bits per heavy atom. The average Bonchev–Trinajstić information content (AvgIpc) is 2.22. The molecule has 1 atom stereocenters. The van der Waals surface area contributed by atoms with E-state index < -0.39 is 29.3 Å². The van der Waals surface area contributed by atoms with E-state index in [0.717, 1.165) is 4.90 Å². The number of carboxylic acids is 1. The number of carbonyl (C=O) groups excluding carboxylic acids is 1. The summed E-state index contributed by atoms with van der Waals surface area (Å²) in [6, 6.07) is -1.21. The Morgan fingerprint density at radius 2 is 1.65 bits per heavy atom. The van der Waals surface area contributed by atoms with E-state index in [1.54, 1.807) is 0 Å². The summed E-state index contributed by atoms with van der Waals surface area (Å²) in [5.41, 5.74) is -4.71. The summed E-state index contributed by atoms with van der Waals surface area (Å²) >= 11 is 0. The number of hydrogen-bond donors (Lipinski definition) is 3. The van der Waals surface area contributed by atoms with Crippen LogP contribution in [0.15, 0.2) is 0 Å². The Balaban J connectivity index is 5.16. The molecule has 0 fully saturated rings. The third-order valence-electron chi connectivity index (χ3n) is 2.60. The van der Waals surface area contributed by atoms with Crippen LogP contribution in [-0.2, 0) is 4.79 Å². The molecule has 3 N–H and O–H groups in total. The molecule has 0 rings (SSSR count). The predicted octanol–water partition coefficient (Wildman–Crippen LogP) is 1.19. The Bertz CT molecular complexity index is 379. The van der Waals surface area contributed by atoms with Crippen LogP contribution in [0.4, 0.5) is 18.0 Å². The third kappa shape index (κ3) is 4.55. The molecule has 0 saturated heterocycles. The van der Waals surface area contributed by atoms with Crippen molar-refractivity contribution in [3.05, 3.63) is 0 Å². The number of carboxylic acid groups (broad SMARTS) is 1. The summed E-state index contributed by atoms with van der Waals surface area (Å²) in [7, 11) is 0. The molecular formula is C11H19F3N2O4. The lowest BCUT2D eigenvalue weighted by Gasteiger charge is -2.33. The normalized spacial score (nSPS) is 15.4. The number of likely N-dealkylation sites (N-methyl/N-ethyl adjacent to an activating group) is 1. The summed E-state index contributed by atoms with van der Waals surface area (Å²) in [5, 5.41) is 19.7. The standard InChI is InChI=1S/C11H19F3N2O4/c1-5-16(6-9(2,3)20)8(19)15-10(4,7(17)18)11(12,13)14/h20H,5-6H2,1-4H3,(H,15,19)(H,17,18). The van der Waals surface area contributed by atoms with Gasteiger partial charge in [-0.2, -0.15) is 13.2 Å². The first-order valence-electron chi connectivity index (χ1n) is 5.84. The molecule has 6 nitrogen and oxygen atoms in total. The molecule has 0 aliphatic heterocycles. The van der Waals surface area contributed by atoms with Crippen molar-refractivity contribution in [2.24, 2.45) is 0 Å². The van der Waals surface area contributed by atoms with Crippen LogP contribution in [-0.4, -0.2) is 57.5 Å². The molecular weight excluding hydrogens is 281 g/mol. The van der Waals surface area contributed by atoms with Gasteiger partial charge in [-0.15, -0.1) is 0 Å². The Hall–Kier alpha value is -1.51. The maximum atomic E-state index is 12.8. The summed E-state index contributed by atoms with van der Waals surface area (Å²) in [5.74, 6) is -2.21. The summed E-state index contributed by atoms with van der Waals surface area (Å²) < 4.78 is 38.3. The predicted molar refractivity (Wildman–Crippen MR) is 64.2 cm³/mol. The fourth-order valence-corrected chi connectivity index (χ4v) is 1.33. The second-order valence-electron chi connectivity index (χ2n) is 5.18. The molecule has 118 valence electrons. The fourth-order valence-electron chi connectivity index (χ4n) is 1.33. The smallest absolute Gasteiger partial charge is 0.422 e. The second-order valence-corrected chi connectivity index (χ2v) is 5.18. The maximum Gasteiger partial charge on any atom is 0.422 e. The molecule has 0 aliphatic rings. The Labute approximate surface area is 114 Å². The van der Waals surface area contributed by atoms with Crippen LogP contribution in [0.1, 0.15) is 27.7 Å². The van der Waals surface area contributed by atoms with E-state index in [2.05, 4.69) is 0 Å². The van der Waals surface area contributed by atoms with Crippen LogP contribution in [0.2, 0.25) is 0 Å². The van der Waals surface area contributed by atoms with E-state index in [0.29, 0.717) is 6.92 Å². The molecule has 0 radical (unpaired) electrons. The molecule has 0 heterocycles. The lowest BCUT2D eigenvalue weighted by molar-refractivity contribution is -0.203. The van der Waals surface area contributed by atoms with Crippen LogP contribution >= 0.6 is 0 Å². The van der Waals surface area contributed by atoms with Gasteiger partial charge < -0.3 is 20.4 Å². The minimum atomic E-state index is -5.15. The van der Waals surface area contributed by atoms with Gasteiger partial charge in [0.15, 0.2) is 0 Å². The van der Waals surface area contributed by atoms with Gasteiger partial charge in [0.2, 0.25) is 5.54 Å². The quantitative estimate of drug-likeness (QED) is 0.711. The molecule has 0 bridgehead atoms. The lowest BCUT2D eigenvalue weighted by atomic mass is 10.0. The molecule has 0 aromatic rings. The van der Waals surface area contributed by atoms with Crippen molar-refractivity contribution in [1.29, 1.82) is 0 Å². The zero-order valence-corrected chi connectivity index (χ0v) is 11.7. The minimum Gasteiger partial charge on any atom is -0.479 e. The molecule has 0 aromatic carbocycles. The van der Waals surface area contributed by atoms with Crippen LogP contribution in [0.3, 0.4) is 0 Å². The van der Waals surface area contributed by atoms with Crippen molar-refractivity contribution < 1.29 is 33.0 Å². The monoisotopic (exact) mass is 300 g/mol. The van der Waals surface area contributed by atoms with Gasteiger partial charge in [-0.05, 0) is 27.7 Å². The number of nitrogens with zero attached hydrogens (tertiary/aromatic N) is 1. The molecule has 0 saturated carbocycles. The lowest BCUT2D eigenvalue weighted by Crippen LogP contribution is -2.64. The SMILES string of the molecule is CCN(CC(C)(C)O)C(=O)NC(C)(C(=O)O)C(F)(F)F. The van der Waals surface area contributed by atoms with Crippen molar-refractivity contribution in [3.63, 3.8) is 0 Å². The van der Waals surface area contributed by atoms with Gasteiger partial charge in [0.05, 0.1) is 12.1 Å². The highest BCUT2D eigenvalue weighted by atomic mass is 19.4. The highest BCUT2D eigenvalue weighted by molar-refractivity contribution is 5.86. The number of nitrogens with one attached hydrogen (secondary N) is 1. The van der Waals surface area contributed by atoms with Crippen molar-refractivity contribution in [1.82, 2.24) is 10.2 Å². The molecule has 0 aromatic heterocycles. The Kier molecular flexibility index (Phi) is 5.42. The molecule has 0 aliphatic carbocycles. The average molecular weight is 300 g/mol. The molecule has 0 spiro atoms. The highest BCUT2D eigenvalue weighted by Gasteiger charge is 2.58. The van der Waals surface area contributed by atoms with Crippen molar-refractivity contribution in [2.45, 2.75) is 45.0 Å². The molecule has 9 heteroatoms. The number of aliphatic hydroxyl groups is 1. The highest BCUT2D eigenvalue weighted by Crippen LogP contribution is 2.30. The first-order valence-corrected chi connectivity index (χ1v) is 5.84. The fraction of sp³-hybridized carbons (Fsp3) is 0.818. The first-order chi connectivity index (χ1) is 8.74. The number of aliphatic carboxylic acids is 1. The molecule has 2 amide bonds. The zero-order chi connectivity index (χ0) is 16.4. The van der Waals surface area contributed by atoms with Gasteiger partial charge in [0, 0.05) is 6.54 Å². The Morgan fingerprint density at radius 3 is 1.90 bits per heavy atom. The summed E-state index contributed by atoms with van der Waals surface area (Å²) in [4.78, 5) is 23.5. The topological polar surface area (TPSA) is 89.9 Å². The van der Waals surface area contributed by atoms with E-state index >= 15 is 0 Å². The number of rotatable bonds is 5. The van der Waals surface area contributed by atoms with Gasteiger partial charge in [0.1, 0.15) is 0 Å². The first kappa shape index (κ1) is 18.5. The minimum absolute atomic E-state index is 0.0172. The van der Waals surface area contributed by atoms with Crippen LogP contribution < -0.4 is 5.32 Å². The van der Waals surface area contributed by atoms with Crippen molar-refractivity contribution >= 4 is 12.0 Å². The van der Waals surface area contributed by atoms with Crippen LogP contribution in [0, 0.1) is 0 Å². The number of urea groups is 1. The summed E-state index contributed by atoms with van der Waals surface area (Å²) in [6.07, 6.45) is -5.15. The third-order valence-corrected chi connectivity index (χ3v) is 2.60. The van der Waals surface area contributed by atoms with Crippen LogP contribution in [0.25, 0.3) is 0 Å². The van der Waals surface area contributed by atoms with Gasteiger partial charge in [0.25, 0.3) is 0 Å². The van der Waals surface area contributed by atoms with Crippen molar-refractivity contribution in [3.8, 4) is 0 Å². The maximum absolute atomic E-state index is 12.8. The number of amides is 2. The van der Waals surface area contributed by atoms with E-state index in [1.165, 1.54) is 26.1 Å². The largest absolute Gasteiger partial charge is 0.479 e. The van der Waals surface area contributed by atoms with Crippen LogP contribution in [0.5, 0.6) is 0 Å². The molecule has 20 heavy (non-hydrogen) atoms. The van der Waals surface area contributed by atoms with E-state index in [1.807, 2.05) is 0 Å². The van der Waals surface area contributed by atoms with E-state index in [-0.39, 0.29) is 13.1 Å². The van der Waals surface area contributed by atoms with Gasteiger partial charge >= 0.3 is 18.2 Å². The summed E-state index contributed by atoms with van der Waals surface area (Å²) in [6.45, 7) is 4.40. The molecule has 1 unspecified atom stereocenters. The number of alkyl halides is 3. The number of carbonyl (C=O) groups is 2. The van der Waals surface area contributed by atoms with Crippen molar-refractivity contribution in [2.75, 3.05) is 13.1 Å². The van der Waals surface area contributed by atoms with E-state index in [9.17, 15) is 27.9 Å². The number of halogens is 3. The van der Waals surface area contributed by atoms with Gasteiger partial charge in [-0.3, -0.25) is 0 Å². The number of hydrogen-bond acceptors (Lipinski definition) is 3. The van der Waals surface area contributed by atoms with E-state index in [4.69, 9.17) is 5.11 Å². The zero-order valence-electron chi connectivity index (χ0n) is 11.7. The second kappa shape index (κ2) is 5.86.